The Kier molecular flexibility index (Phi) is 7.40. The first kappa shape index (κ1) is 28.4. The van der Waals surface area contributed by atoms with Crippen molar-refractivity contribution in [2.45, 2.75) is 24.7 Å². The summed E-state index contributed by atoms with van der Waals surface area (Å²) in [5, 5.41) is 34.3. The third-order valence-electron chi connectivity index (χ3n) is 7.78. The van der Waals surface area contributed by atoms with Gasteiger partial charge in [0.1, 0.15) is 12.1 Å². The van der Waals surface area contributed by atoms with Gasteiger partial charge in [-0.05, 0) is 12.1 Å². The van der Waals surface area contributed by atoms with Gasteiger partial charge in [-0.1, -0.05) is 0 Å². The second-order valence-electron chi connectivity index (χ2n) is 10.7. The van der Waals surface area contributed by atoms with Crippen LogP contribution >= 0.6 is 0 Å². The van der Waals surface area contributed by atoms with E-state index in [1.165, 1.54) is 4.68 Å². The molecule has 0 radical (unpaired) electrons. The molecule has 4 aromatic rings. The Labute approximate surface area is 243 Å². The van der Waals surface area contributed by atoms with Crippen molar-refractivity contribution in [1.82, 2.24) is 44.0 Å². The van der Waals surface area contributed by atoms with Crippen molar-refractivity contribution in [3.63, 3.8) is 0 Å². The molecule has 0 aliphatic carbocycles. The number of anilines is 3. The highest BCUT2D eigenvalue weighted by Gasteiger charge is 2.47. The summed E-state index contributed by atoms with van der Waals surface area (Å²) in [5.74, 6) is 0.254. The predicted octanol–water partition coefficient (Wildman–Crippen LogP) is 1.15. The van der Waals surface area contributed by atoms with E-state index in [0.717, 1.165) is 25.5 Å². The van der Waals surface area contributed by atoms with Gasteiger partial charge in [-0.25, -0.2) is 4.52 Å². The molecule has 0 saturated carbocycles. The molecule has 1 amide bonds. The Morgan fingerprint density at radius 3 is 2.63 bits per heavy atom. The molecule has 4 aromatic heterocycles. The maximum absolute atomic E-state index is 13.2. The van der Waals surface area contributed by atoms with E-state index in [1.54, 1.807) is 38.8 Å². The number of piperazine rings is 1. The lowest BCUT2D eigenvalue weighted by Gasteiger charge is -2.50. The molecule has 226 valence electrons. The van der Waals surface area contributed by atoms with Crippen molar-refractivity contribution >= 4 is 28.9 Å². The van der Waals surface area contributed by atoms with E-state index in [1.807, 2.05) is 11.0 Å². The number of pyridine rings is 1. The molecule has 2 fully saturated rings. The maximum Gasteiger partial charge on any atom is 0.419 e. The van der Waals surface area contributed by atoms with E-state index >= 15 is 0 Å². The molecule has 0 bridgehead atoms. The van der Waals surface area contributed by atoms with Crippen LogP contribution in [0.1, 0.15) is 12.0 Å². The molecule has 0 spiro atoms. The average molecular weight is 599 g/mol. The number of nitrogens with one attached hydrogen (secondary N) is 1. The van der Waals surface area contributed by atoms with Gasteiger partial charge in [-0.15, -0.1) is 5.10 Å². The second-order valence-corrected chi connectivity index (χ2v) is 10.7. The van der Waals surface area contributed by atoms with E-state index in [9.17, 15) is 23.2 Å². The van der Waals surface area contributed by atoms with Gasteiger partial charge in [0, 0.05) is 64.4 Å². The van der Waals surface area contributed by atoms with Crippen molar-refractivity contribution in [2.24, 2.45) is 0 Å². The molecular formula is C26H29F3N12O2. The zero-order chi connectivity index (χ0) is 30.2. The number of amides is 1. The van der Waals surface area contributed by atoms with Gasteiger partial charge < -0.3 is 20.2 Å². The number of fused-ring (bicyclic) bond motifs is 1. The van der Waals surface area contributed by atoms with Gasteiger partial charge in [0.25, 0.3) is 0 Å². The highest BCUT2D eigenvalue weighted by Crippen LogP contribution is 2.39. The lowest BCUT2D eigenvalue weighted by Crippen LogP contribution is -2.63. The van der Waals surface area contributed by atoms with Gasteiger partial charge in [0.2, 0.25) is 11.9 Å². The van der Waals surface area contributed by atoms with E-state index in [-0.39, 0.29) is 38.6 Å². The number of alkyl halides is 3. The van der Waals surface area contributed by atoms with Gasteiger partial charge in [-0.2, -0.15) is 33.6 Å². The molecule has 14 nitrogen and oxygen atoms in total. The minimum absolute atomic E-state index is 0.00248. The molecule has 6 rings (SSSR count). The zero-order valence-corrected chi connectivity index (χ0v) is 23.0. The fourth-order valence-corrected chi connectivity index (χ4v) is 5.48. The largest absolute Gasteiger partial charge is 0.419 e. The predicted molar refractivity (Wildman–Crippen MR) is 146 cm³/mol. The second kappa shape index (κ2) is 11.2. The molecule has 2 N–H and O–H groups in total. The van der Waals surface area contributed by atoms with E-state index in [0.29, 0.717) is 42.6 Å². The number of carbonyl (C=O) groups excluding carboxylic acids is 1. The number of hydrogen-bond donors (Lipinski definition) is 2. The molecule has 43 heavy (non-hydrogen) atoms. The number of nitrogens with zero attached hydrogens (tertiary/aromatic N) is 11. The molecule has 0 unspecified atom stereocenters. The lowest BCUT2D eigenvalue weighted by molar-refractivity contribution is -0.137. The molecule has 2 aliphatic rings. The summed E-state index contributed by atoms with van der Waals surface area (Å²) in [6.45, 7) is 3.97. The molecule has 0 aromatic carbocycles. The zero-order valence-electron chi connectivity index (χ0n) is 23.0. The molecule has 17 heteroatoms. The van der Waals surface area contributed by atoms with Gasteiger partial charge in [0.15, 0.2) is 5.65 Å². The Bertz CT molecular complexity index is 1640. The number of aliphatic hydroxyl groups excluding tert-OH is 1. The smallest absolute Gasteiger partial charge is 0.395 e. The van der Waals surface area contributed by atoms with Crippen LogP contribution in [0.2, 0.25) is 0 Å². The first-order valence-electron chi connectivity index (χ1n) is 13.7. The number of halogens is 3. The Morgan fingerprint density at radius 2 is 1.93 bits per heavy atom. The molecule has 2 aliphatic heterocycles. The quantitative estimate of drug-likeness (QED) is 0.287. The first-order chi connectivity index (χ1) is 20.7. The van der Waals surface area contributed by atoms with Crippen LogP contribution < -0.4 is 10.2 Å². The molecule has 0 atom stereocenters. The van der Waals surface area contributed by atoms with Crippen molar-refractivity contribution in [2.75, 3.05) is 62.6 Å². The third-order valence-corrected chi connectivity index (χ3v) is 7.78. The van der Waals surface area contributed by atoms with Crippen LogP contribution in [-0.4, -0.2) is 107 Å². The number of nitriles is 1. The SMILES string of the molecule is N#CCC1(n2cc(C(F)(F)F)cn2)CN(c2cccn3nc(Nc4cnn(CC(=O)N5CCN(CCO)CC5)c4)nc23)C1. The Morgan fingerprint density at radius 1 is 1.14 bits per heavy atom. The number of rotatable bonds is 9. The summed E-state index contributed by atoms with van der Waals surface area (Å²) in [6, 6.07) is 5.70. The minimum Gasteiger partial charge on any atom is -0.395 e. The van der Waals surface area contributed by atoms with Crippen LogP contribution in [0.5, 0.6) is 0 Å². The first-order valence-corrected chi connectivity index (χ1v) is 13.7. The topological polar surface area (TPSA) is 149 Å². The van der Waals surface area contributed by atoms with Gasteiger partial charge in [-0.3, -0.25) is 19.1 Å². The minimum atomic E-state index is -4.52. The van der Waals surface area contributed by atoms with E-state index in [4.69, 9.17) is 5.11 Å². The molecular weight excluding hydrogens is 569 g/mol. The van der Waals surface area contributed by atoms with Crippen LogP contribution in [0.4, 0.5) is 30.5 Å². The normalized spacial score (nSPS) is 17.2. The highest BCUT2D eigenvalue weighted by molar-refractivity contribution is 5.76. The number of aliphatic hydroxyl groups is 1. The summed E-state index contributed by atoms with van der Waals surface area (Å²) in [4.78, 5) is 23.2. The van der Waals surface area contributed by atoms with Crippen molar-refractivity contribution in [1.29, 1.82) is 5.26 Å². The summed E-state index contributed by atoms with van der Waals surface area (Å²) in [5.41, 5.74) is 0.0677. The average Bonchev–Trinajstić information content (AvgIpc) is 3.71. The Hall–Kier alpha value is -4.69. The Balaban J connectivity index is 1.11. The third kappa shape index (κ3) is 5.70. The number of hydrogen-bond acceptors (Lipinski definition) is 10. The van der Waals surface area contributed by atoms with Gasteiger partial charge in [0.05, 0.1) is 48.4 Å². The highest BCUT2D eigenvalue weighted by atomic mass is 19.4. The number of β-amino-alcohol motifs (C(OH)–C–C–N with tert-alkyl or cyclic N) is 1. The van der Waals surface area contributed by atoms with E-state index < -0.39 is 17.3 Å². The van der Waals surface area contributed by atoms with Crippen molar-refractivity contribution in [3.05, 3.63) is 48.7 Å². The summed E-state index contributed by atoms with van der Waals surface area (Å²) < 4.78 is 43.8. The fraction of sp³-hybridized carbons (Fsp3) is 0.462. The van der Waals surface area contributed by atoms with Crippen LogP contribution in [0.3, 0.4) is 0 Å². The standard InChI is InChI=1S/C26H29F3N12O2/c27-26(28,29)19-12-32-41(14-19)25(3-4-30)17-38(18-25)21-2-1-5-40-23(21)34-24(35-40)33-20-13-31-39(15-20)16-22(43)37-8-6-36(7-9-37)10-11-42/h1-2,5,12-15,42H,3,6-11,16-18H2,(H,33,35). The lowest BCUT2D eigenvalue weighted by atomic mass is 9.86. The van der Waals surface area contributed by atoms with Crippen LogP contribution in [0.25, 0.3) is 5.65 Å². The van der Waals surface area contributed by atoms with Crippen molar-refractivity contribution < 1.29 is 23.1 Å². The number of carbonyl (C=O) groups is 1. The van der Waals surface area contributed by atoms with E-state index in [2.05, 4.69) is 36.6 Å². The molecule has 6 heterocycles. The van der Waals surface area contributed by atoms with Crippen LogP contribution in [-0.2, 0) is 23.1 Å². The van der Waals surface area contributed by atoms with Gasteiger partial charge >= 0.3 is 6.18 Å². The fourth-order valence-electron chi connectivity index (χ4n) is 5.48. The monoisotopic (exact) mass is 598 g/mol. The summed E-state index contributed by atoms with van der Waals surface area (Å²) >= 11 is 0. The number of aromatic nitrogens is 7. The summed E-state index contributed by atoms with van der Waals surface area (Å²) in [6.07, 6.45) is 2.19. The molecule has 2 saturated heterocycles. The summed E-state index contributed by atoms with van der Waals surface area (Å²) in [7, 11) is 0. The van der Waals surface area contributed by atoms with Crippen molar-refractivity contribution in [3.8, 4) is 6.07 Å². The maximum atomic E-state index is 13.2. The van der Waals surface area contributed by atoms with Crippen LogP contribution in [0, 0.1) is 11.3 Å². The van der Waals surface area contributed by atoms with Crippen LogP contribution in [0.15, 0.2) is 43.1 Å².